The van der Waals surface area contributed by atoms with Gasteiger partial charge in [0, 0.05) is 5.02 Å². The van der Waals surface area contributed by atoms with E-state index < -0.39 is 17.9 Å². The molecule has 0 saturated carbocycles. The molecule has 7 heteroatoms. The summed E-state index contributed by atoms with van der Waals surface area (Å²) in [4.78, 5) is 35.5. The van der Waals surface area contributed by atoms with Crippen LogP contribution in [0.3, 0.4) is 0 Å². The first-order valence-electron chi connectivity index (χ1n) is 6.74. The number of carbonyl (C=O) groups is 3. The van der Waals surface area contributed by atoms with Gasteiger partial charge in [0.2, 0.25) is 0 Å². The minimum Gasteiger partial charge on any atom is -0.465 e. The van der Waals surface area contributed by atoms with Gasteiger partial charge in [-0.05, 0) is 36.4 Å². The number of hydrogen-bond donors (Lipinski definition) is 0. The van der Waals surface area contributed by atoms with Crippen LogP contribution in [0.1, 0.15) is 31.1 Å². The van der Waals surface area contributed by atoms with Crippen LogP contribution in [-0.4, -0.2) is 32.1 Å². The van der Waals surface area contributed by atoms with Crippen molar-refractivity contribution in [2.45, 2.75) is 0 Å². The van der Waals surface area contributed by atoms with E-state index in [0.29, 0.717) is 5.02 Å². The largest absolute Gasteiger partial charge is 0.465 e. The molecule has 6 nitrogen and oxygen atoms in total. The van der Waals surface area contributed by atoms with E-state index in [0.717, 1.165) is 0 Å². The highest BCUT2D eigenvalue weighted by atomic mass is 35.5. The van der Waals surface area contributed by atoms with Gasteiger partial charge in [-0.15, -0.1) is 0 Å². The summed E-state index contributed by atoms with van der Waals surface area (Å²) in [5.41, 5.74) is 0.349. The Balaban J connectivity index is 2.30. The minimum absolute atomic E-state index is 0.000258. The standard InChI is InChI=1S/C17H13ClO6/c1-22-15(19)10-4-3-5-11(8-10)16(20)24-14-7-6-12(18)9-13(14)17(21)23-2/h3-9H,1-2H3. The number of ether oxygens (including phenoxy) is 3. The van der Waals surface area contributed by atoms with Gasteiger partial charge in [0.05, 0.1) is 25.3 Å². The normalized spacial score (nSPS) is 9.96. The second-order valence-corrected chi connectivity index (χ2v) is 5.03. The lowest BCUT2D eigenvalue weighted by molar-refractivity contribution is 0.0587. The molecule has 0 spiro atoms. The second-order valence-electron chi connectivity index (χ2n) is 4.59. The highest BCUT2D eigenvalue weighted by Gasteiger charge is 2.18. The Morgan fingerprint density at radius 1 is 0.833 bits per heavy atom. The first-order valence-corrected chi connectivity index (χ1v) is 7.12. The van der Waals surface area contributed by atoms with Crippen LogP contribution in [-0.2, 0) is 9.47 Å². The molecule has 2 rings (SSSR count). The number of esters is 3. The van der Waals surface area contributed by atoms with E-state index in [1.54, 1.807) is 0 Å². The lowest BCUT2D eigenvalue weighted by atomic mass is 10.1. The summed E-state index contributed by atoms with van der Waals surface area (Å²) in [7, 11) is 2.44. The van der Waals surface area contributed by atoms with Crippen molar-refractivity contribution in [3.05, 3.63) is 64.2 Å². The molecule has 0 aromatic heterocycles. The average molecular weight is 349 g/mol. The van der Waals surface area contributed by atoms with E-state index in [1.165, 1.54) is 56.7 Å². The van der Waals surface area contributed by atoms with Crippen LogP contribution in [0.25, 0.3) is 0 Å². The van der Waals surface area contributed by atoms with Crippen molar-refractivity contribution >= 4 is 29.5 Å². The molecule has 0 fully saturated rings. The molecule has 0 saturated heterocycles. The first-order chi connectivity index (χ1) is 11.5. The lowest BCUT2D eigenvalue weighted by Gasteiger charge is -2.09. The predicted molar refractivity (Wildman–Crippen MR) is 85.5 cm³/mol. The maximum atomic E-state index is 12.3. The number of benzene rings is 2. The van der Waals surface area contributed by atoms with Gasteiger partial charge in [-0.2, -0.15) is 0 Å². The molecule has 2 aromatic rings. The molecular weight excluding hydrogens is 336 g/mol. The molecule has 0 bridgehead atoms. The van der Waals surface area contributed by atoms with Gasteiger partial charge in [0.15, 0.2) is 0 Å². The van der Waals surface area contributed by atoms with Gasteiger partial charge in [-0.25, -0.2) is 14.4 Å². The van der Waals surface area contributed by atoms with Gasteiger partial charge in [-0.3, -0.25) is 0 Å². The number of methoxy groups -OCH3 is 2. The maximum absolute atomic E-state index is 12.3. The van der Waals surface area contributed by atoms with E-state index >= 15 is 0 Å². The van der Waals surface area contributed by atoms with Crippen LogP contribution in [0, 0.1) is 0 Å². The topological polar surface area (TPSA) is 78.9 Å². The van der Waals surface area contributed by atoms with Crippen LogP contribution in [0.4, 0.5) is 0 Å². The maximum Gasteiger partial charge on any atom is 0.343 e. The summed E-state index contributed by atoms with van der Waals surface area (Å²) in [6, 6.07) is 10.0. The van der Waals surface area contributed by atoms with Crippen LogP contribution < -0.4 is 4.74 Å². The Hall–Kier alpha value is -2.86. The fraction of sp³-hybridized carbons (Fsp3) is 0.118. The molecule has 0 radical (unpaired) electrons. The first kappa shape index (κ1) is 17.5. The predicted octanol–water partition coefficient (Wildman–Crippen LogP) is 3.13. The molecule has 0 heterocycles. The van der Waals surface area contributed by atoms with E-state index in [4.69, 9.17) is 16.3 Å². The fourth-order valence-corrected chi connectivity index (χ4v) is 2.08. The van der Waals surface area contributed by atoms with Crippen molar-refractivity contribution in [3.8, 4) is 5.75 Å². The van der Waals surface area contributed by atoms with Crippen molar-refractivity contribution in [1.29, 1.82) is 0 Å². The van der Waals surface area contributed by atoms with Gasteiger partial charge in [0.25, 0.3) is 0 Å². The molecule has 0 unspecified atom stereocenters. The monoisotopic (exact) mass is 348 g/mol. The molecule has 124 valence electrons. The number of carbonyl (C=O) groups excluding carboxylic acids is 3. The van der Waals surface area contributed by atoms with Crippen molar-refractivity contribution in [2.24, 2.45) is 0 Å². The summed E-state index contributed by atoms with van der Waals surface area (Å²) >= 11 is 5.84. The molecule has 0 aliphatic heterocycles. The molecule has 24 heavy (non-hydrogen) atoms. The molecule has 2 aromatic carbocycles. The lowest BCUT2D eigenvalue weighted by Crippen LogP contribution is -2.13. The summed E-state index contributed by atoms with van der Waals surface area (Å²) in [5.74, 6) is -2.01. The number of hydrogen-bond acceptors (Lipinski definition) is 6. The average Bonchev–Trinajstić information content (AvgIpc) is 2.61. The van der Waals surface area contributed by atoms with Gasteiger partial charge in [-0.1, -0.05) is 17.7 Å². The zero-order valence-electron chi connectivity index (χ0n) is 12.9. The van der Waals surface area contributed by atoms with Crippen LogP contribution in [0.5, 0.6) is 5.75 Å². The van der Waals surface area contributed by atoms with Gasteiger partial charge < -0.3 is 14.2 Å². The van der Waals surface area contributed by atoms with E-state index in [2.05, 4.69) is 9.47 Å². The molecule has 0 N–H and O–H groups in total. The summed E-state index contributed by atoms with van der Waals surface area (Å²) in [6.45, 7) is 0. The molecule has 0 amide bonds. The van der Waals surface area contributed by atoms with Gasteiger partial charge >= 0.3 is 17.9 Å². The zero-order chi connectivity index (χ0) is 17.7. The third-order valence-electron chi connectivity index (χ3n) is 3.07. The van der Waals surface area contributed by atoms with Crippen molar-refractivity contribution in [1.82, 2.24) is 0 Å². The van der Waals surface area contributed by atoms with Crippen LogP contribution in [0.2, 0.25) is 5.02 Å². The molecular formula is C17H13ClO6. The van der Waals surface area contributed by atoms with Crippen molar-refractivity contribution in [3.63, 3.8) is 0 Å². The molecule has 0 aliphatic rings. The highest BCUT2D eigenvalue weighted by Crippen LogP contribution is 2.24. The van der Waals surface area contributed by atoms with E-state index in [-0.39, 0.29) is 22.4 Å². The Labute approximate surface area is 142 Å². The Bertz CT molecular complexity index is 799. The number of rotatable bonds is 4. The Morgan fingerprint density at radius 2 is 1.46 bits per heavy atom. The molecule has 0 atom stereocenters. The quantitative estimate of drug-likeness (QED) is 0.624. The van der Waals surface area contributed by atoms with E-state index in [9.17, 15) is 14.4 Å². The highest BCUT2D eigenvalue weighted by molar-refractivity contribution is 6.31. The Morgan fingerprint density at radius 3 is 2.08 bits per heavy atom. The summed E-state index contributed by atoms with van der Waals surface area (Å²) in [6.07, 6.45) is 0. The number of halogens is 1. The Kier molecular flexibility index (Phi) is 5.55. The minimum atomic E-state index is -0.742. The smallest absolute Gasteiger partial charge is 0.343 e. The summed E-state index contributed by atoms with van der Waals surface area (Å²) < 4.78 is 14.5. The zero-order valence-corrected chi connectivity index (χ0v) is 13.6. The SMILES string of the molecule is COC(=O)c1cccc(C(=O)Oc2ccc(Cl)cc2C(=O)OC)c1. The van der Waals surface area contributed by atoms with Crippen molar-refractivity contribution in [2.75, 3.05) is 14.2 Å². The van der Waals surface area contributed by atoms with E-state index in [1.807, 2.05) is 0 Å². The second kappa shape index (κ2) is 7.61. The third kappa shape index (κ3) is 3.91. The third-order valence-corrected chi connectivity index (χ3v) is 3.30. The summed E-state index contributed by atoms with van der Waals surface area (Å²) in [5, 5.41) is 0.294. The van der Waals surface area contributed by atoms with Crippen LogP contribution >= 0.6 is 11.6 Å². The van der Waals surface area contributed by atoms with Crippen LogP contribution in [0.15, 0.2) is 42.5 Å². The molecule has 0 aliphatic carbocycles. The van der Waals surface area contributed by atoms with Gasteiger partial charge in [0.1, 0.15) is 11.3 Å². The van der Waals surface area contributed by atoms with Crippen molar-refractivity contribution < 1.29 is 28.6 Å². The fourth-order valence-electron chi connectivity index (χ4n) is 1.91.